The van der Waals surface area contributed by atoms with Gasteiger partial charge in [0, 0.05) is 5.92 Å². The highest BCUT2D eigenvalue weighted by molar-refractivity contribution is 5.72. The molecule has 1 aliphatic carbocycles. The molecule has 1 aromatic carbocycles. The fourth-order valence-electron chi connectivity index (χ4n) is 3.71. The van der Waals surface area contributed by atoms with Gasteiger partial charge in [-0.15, -0.1) is 0 Å². The van der Waals surface area contributed by atoms with Gasteiger partial charge < -0.3 is 4.74 Å². The molecule has 2 heteroatoms. The van der Waals surface area contributed by atoms with Gasteiger partial charge in [0.25, 0.3) is 0 Å². The molecular weight excluding hydrogens is 260 g/mol. The van der Waals surface area contributed by atoms with Gasteiger partial charge in [0.1, 0.15) is 6.10 Å². The number of ether oxygens (including phenoxy) is 1. The normalized spacial score (nSPS) is 29.6. The quantitative estimate of drug-likeness (QED) is 0.605. The number of allylic oxidation sites excluding steroid dienone is 2. The van der Waals surface area contributed by atoms with Crippen molar-refractivity contribution in [3.63, 3.8) is 0 Å². The molecule has 0 N–H and O–H groups in total. The first-order chi connectivity index (χ1) is 10.1. The van der Waals surface area contributed by atoms with Crippen LogP contribution in [0.5, 0.6) is 0 Å². The van der Waals surface area contributed by atoms with Crippen molar-refractivity contribution in [1.82, 2.24) is 0 Å². The molecule has 2 fully saturated rings. The fourth-order valence-corrected chi connectivity index (χ4v) is 3.71. The van der Waals surface area contributed by atoms with Crippen LogP contribution < -0.4 is 0 Å². The molecule has 0 unspecified atom stereocenters. The van der Waals surface area contributed by atoms with E-state index in [9.17, 15) is 4.79 Å². The minimum atomic E-state index is -0.00349. The Labute approximate surface area is 127 Å². The molecule has 1 saturated heterocycles. The van der Waals surface area contributed by atoms with E-state index in [0.717, 1.165) is 19.3 Å². The van der Waals surface area contributed by atoms with Gasteiger partial charge in [0.2, 0.25) is 0 Å². The molecular formula is C19H24O2. The van der Waals surface area contributed by atoms with Crippen LogP contribution in [-0.4, -0.2) is 12.1 Å². The third-order valence-electron chi connectivity index (χ3n) is 4.98. The summed E-state index contributed by atoms with van der Waals surface area (Å²) in [7, 11) is 0. The minimum Gasteiger partial charge on any atom is -0.462 e. The molecule has 21 heavy (non-hydrogen) atoms. The lowest BCUT2D eigenvalue weighted by Gasteiger charge is -2.13. The van der Waals surface area contributed by atoms with E-state index >= 15 is 0 Å². The Bertz CT molecular complexity index is 546. The van der Waals surface area contributed by atoms with Crippen LogP contribution in [-0.2, 0) is 9.53 Å². The number of carbonyl (C=O) groups is 1. The highest BCUT2D eigenvalue weighted by atomic mass is 16.5. The van der Waals surface area contributed by atoms with Crippen molar-refractivity contribution in [2.75, 3.05) is 0 Å². The van der Waals surface area contributed by atoms with E-state index < -0.39 is 0 Å². The first kappa shape index (κ1) is 14.4. The molecule has 2 nitrogen and oxygen atoms in total. The summed E-state index contributed by atoms with van der Waals surface area (Å²) in [5, 5.41) is 0. The predicted molar refractivity (Wildman–Crippen MR) is 84.1 cm³/mol. The molecule has 0 bridgehead atoms. The van der Waals surface area contributed by atoms with Gasteiger partial charge in [-0.25, -0.2) is 0 Å². The van der Waals surface area contributed by atoms with Crippen LogP contribution in [0, 0.1) is 18.8 Å². The van der Waals surface area contributed by atoms with Crippen LogP contribution in [0.4, 0.5) is 0 Å². The predicted octanol–water partition coefficient (Wildman–Crippen LogP) is 4.39. The highest BCUT2D eigenvalue weighted by Gasteiger charge is 2.43. The molecule has 1 saturated carbocycles. The summed E-state index contributed by atoms with van der Waals surface area (Å²) in [6, 6.07) is 8.75. The fraction of sp³-hybridized carbons (Fsp3) is 0.526. The van der Waals surface area contributed by atoms with Crippen LogP contribution in [0.25, 0.3) is 0 Å². The van der Waals surface area contributed by atoms with E-state index in [0.29, 0.717) is 24.2 Å². The third-order valence-corrected chi connectivity index (χ3v) is 4.98. The van der Waals surface area contributed by atoms with Gasteiger partial charge in [-0.2, -0.15) is 0 Å². The number of aryl methyl sites for hydroxylation is 1. The second-order valence-corrected chi connectivity index (χ2v) is 6.62. The van der Waals surface area contributed by atoms with Gasteiger partial charge in [0.05, 0.1) is 6.42 Å². The average Bonchev–Trinajstić information content (AvgIpc) is 2.99. The van der Waals surface area contributed by atoms with Crippen molar-refractivity contribution < 1.29 is 9.53 Å². The van der Waals surface area contributed by atoms with Gasteiger partial charge >= 0.3 is 5.97 Å². The number of esters is 1. The zero-order valence-electron chi connectivity index (χ0n) is 12.9. The zero-order valence-corrected chi connectivity index (χ0v) is 12.9. The van der Waals surface area contributed by atoms with E-state index in [4.69, 9.17) is 4.74 Å². The highest BCUT2D eigenvalue weighted by Crippen LogP contribution is 2.41. The molecule has 1 heterocycles. The van der Waals surface area contributed by atoms with E-state index in [1.165, 1.54) is 11.1 Å². The van der Waals surface area contributed by atoms with Gasteiger partial charge in [-0.3, -0.25) is 4.79 Å². The van der Waals surface area contributed by atoms with Crippen molar-refractivity contribution in [1.29, 1.82) is 0 Å². The summed E-state index contributed by atoms with van der Waals surface area (Å²) in [6.45, 7) is 4.42. The monoisotopic (exact) mass is 284 g/mol. The van der Waals surface area contributed by atoms with Crippen molar-refractivity contribution in [3.05, 3.63) is 47.5 Å². The van der Waals surface area contributed by atoms with E-state index in [2.05, 4.69) is 50.3 Å². The minimum absolute atomic E-state index is 0.00349. The summed E-state index contributed by atoms with van der Waals surface area (Å²) < 4.78 is 5.35. The van der Waals surface area contributed by atoms with Crippen LogP contribution in [0.3, 0.4) is 0 Å². The second-order valence-electron chi connectivity index (χ2n) is 6.62. The Morgan fingerprint density at radius 3 is 3.05 bits per heavy atom. The van der Waals surface area contributed by atoms with Crippen LogP contribution in [0.15, 0.2) is 36.4 Å². The Balaban J connectivity index is 1.56. The van der Waals surface area contributed by atoms with Crippen molar-refractivity contribution in [2.45, 2.75) is 51.6 Å². The van der Waals surface area contributed by atoms with Gasteiger partial charge in [0.15, 0.2) is 0 Å². The molecule has 1 aromatic rings. The summed E-state index contributed by atoms with van der Waals surface area (Å²) in [5.74, 6) is 1.50. The Morgan fingerprint density at radius 1 is 1.38 bits per heavy atom. The Hall–Kier alpha value is -1.57. The molecule has 0 spiro atoms. The maximum absolute atomic E-state index is 11.4. The van der Waals surface area contributed by atoms with Crippen molar-refractivity contribution in [3.8, 4) is 0 Å². The zero-order chi connectivity index (χ0) is 14.8. The molecule has 1 aliphatic heterocycles. The summed E-state index contributed by atoms with van der Waals surface area (Å²) in [5.41, 5.74) is 2.73. The van der Waals surface area contributed by atoms with E-state index in [-0.39, 0.29) is 12.1 Å². The Morgan fingerprint density at radius 2 is 2.24 bits per heavy atom. The van der Waals surface area contributed by atoms with Gasteiger partial charge in [-0.1, -0.05) is 48.9 Å². The topological polar surface area (TPSA) is 26.3 Å². The lowest BCUT2D eigenvalue weighted by atomic mass is 9.91. The number of fused-ring (bicyclic) bond motifs is 1. The SMILES string of the molecule is Cc1cccc([C@@H](C)C/C=C/[C@H]2CC[C@@H]3OC(=O)C[C@@H]32)c1. The second kappa shape index (κ2) is 6.05. The lowest BCUT2D eigenvalue weighted by Crippen LogP contribution is -2.12. The number of carbonyl (C=O) groups excluding carboxylic acids is 1. The maximum atomic E-state index is 11.4. The average molecular weight is 284 g/mol. The van der Waals surface area contributed by atoms with E-state index in [1.54, 1.807) is 0 Å². The van der Waals surface area contributed by atoms with Crippen LogP contribution in [0.2, 0.25) is 0 Å². The maximum Gasteiger partial charge on any atom is 0.306 e. The molecule has 0 aromatic heterocycles. The van der Waals surface area contributed by atoms with E-state index in [1.807, 2.05) is 0 Å². The van der Waals surface area contributed by atoms with Crippen molar-refractivity contribution >= 4 is 5.97 Å². The van der Waals surface area contributed by atoms with Crippen molar-refractivity contribution in [2.24, 2.45) is 11.8 Å². The van der Waals surface area contributed by atoms with Crippen LogP contribution >= 0.6 is 0 Å². The molecule has 4 atom stereocenters. The molecule has 2 aliphatic rings. The third kappa shape index (κ3) is 3.20. The summed E-state index contributed by atoms with van der Waals surface area (Å²) >= 11 is 0. The van der Waals surface area contributed by atoms with Gasteiger partial charge in [-0.05, 0) is 43.6 Å². The standard InChI is InChI=1S/C19H24O2/c1-13-5-3-8-16(11-13)14(2)6-4-7-15-9-10-18-17(15)12-19(20)21-18/h3-5,7-8,11,14-15,17-18H,6,9-10,12H2,1-2H3/b7-4+/t14-,15-,17+,18-/m0/s1. The number of rotatable bonds is 4. The summed E-state index contributed by atoms with van der Waals surface area (Å²) in [4.78, 5) is 11.4. The summed E-state index contributed by atoms with van der Waals surface area (Å²) in [6.07, 6.45) is 8.72. The van der Waals surface area contributed by atoms with Crippen LogP contribution in [0.1, 0.15) is 49.7 Å². The smallest absolute Gasteiger partial charge is 0.306 e. The first-order valence-corrected chi connectivity index (χ1v) is 8.06. The number of hydrogen-bond acceptors (Lipinski definition) is 2. The molecule has 0 radical (unpaired) electrons. The molecule has 3 rings (SSSR count). The molecule has 112 valence electrons. The lowest BCUT2D eigenvalue weighted by molar-refractivity contribution is -0.141. The molecule has 0 amide bonds. The first-order valence-electron chi connectivity index (χ1n) is 8.06. The number of hydrogen-bond donors (Lipinski definition) is 0. The number of benzene rings is 1. The largest absolute Gasteiger partial charge is 0.462 e. The Kier molecular flexibility index (Phi) is 4.14.